The summed E-state index contributed by atoms with van der Waals surface area (Å²) < 4.78 is 0. The molecule has 0 heteroatoms. The van der Waals surface area contributed by atoms with Crippen LogP contribution >= 0.6 is 0 Å². The van der Waals surface area contributed by atoms with E-state index in [4.69, 9.17) is 0 Å². The monoisotopic (exact) mass is 553 g/mol. The zero-order valence-electron chi connectivity index (χ0n) is 29.0. The number of hydrogen-bond acceptors (Lipinski definition) is 0. The van der Waals surface area contributed by atoms with Crippen LogP contribution in [0.4, 0.5) is 0 Å². The molecule has 0 nitrogen and oxygen atoms in total. The van der Waals surface area contributed by atoms with Crippen molar-refractivity contribution in [2.45, 2.75) is 209 Å². The Morgan fingerprint density at radius 2 is 0.625 bits per heavy atom. The molecule has 0 aromatic heterocycles. The SMILES string of the molecule is CCCCC1=C(CCCC)C2(CCCC)C3(CCCC)C(CCCC)=C(CCCC)C1(CCCC)C23CCCC. The van der Waals surface area contributed by atoms with Crippen LogP contribution in [0.25, 0.3) is 0 Å². The molecule has 1 saturated carbocycles. The zero-order chi connectivity index (χ0) is 29.3. The fourth-order valence-corrected chi connectivity index (χ4v) is 11.2. The summed E-state index contributed by atoms with van der Waals surface area (Å²) in [6.07, 6.45) is 33.8. The number of allylic oxidation sites excluding steroid dienone is 4. The van der Waals surface area contributed by atoms with Gasteiger partial charge in [0.15, 0.2) is 0 Å². The van der Waals surface area contributed by atoms with Crippen LogP contribution in [0.5, 0.6) is 0 Å². The van der Waals surface area contributed by atoms with E-state index in [0.717, 1.165) is 0 Å². The van der Waals surface area contributed by atoms with Crippen LogP contribution in [0.1, 0.15) is 209 Å². The van der Waals surface area contributed by atoms with Gasteiger partial charge < -0.3 is 0 Å². The average molecular weight is 553 g/mol. The highest BCUT2D eigenvalue weighted by atomic mass is 15.0. The van der Waals surface area contributed by atoms with Crippen molar-refractivity contribution in [3.05, 3.63) is 22.3 Å². The number of rotatable bonds is 24. The van der Waals surface area contributed by atoms with E-state index in [1.807, 2.05) is 0 Å². The van der Waals surface area contributed by atoms with Crippen molar-refractivity contribution in [1.82, 2.24) is 0 Å². The lowest BCUT2D eigenvalue weighted by molar-refractivity contribution is 0.152. The summed E-state index contributed by atoms with van der Waals surface area (Å²) in [4.78, 5) is 0. The molecule has 3 aliphatic carbocycles. The largest absolute Gasteiger partial charge is 0.0654 e. The third-order valence-corrected chi connectivity index (χ3v) is 12.4. The van der Waals surface area contributed by atoms with Gasteiger partial charge >= 0.3 is 0 Å². The summed E-state index contributed by atoms with van der Waals surface area (Å²) in [5.41, 5.74) is 10.2. The third kappa shape index (κ3) is 4.84. The molecule has 0 spiro atoms. The molecule has 0 radical (unpaired) electrons. The van der Waals surface area contributed by atoms with Gasteiger partial charge in [-0.3, -0.25) is 0 Å². The van der Waals surface area contributed by atoms with Crippen molar-refractivity contribution >= 4 is 0 Å². The molecule has 0 aromatic rings. The smallest absolute Gasteiger partial charge is 0.0200 e. The second kappa shape index (κ2) is 15.3. The maximum Gasteiger partial charge on any atom is 0.0200 e. The lowest BCUT2D eigenvalue weighted by atomic mass is 9.59. The summed E-state index contributed by atoms with van der Waals surface area (Å²) >= 11 is 0. The molecule has 3 rings (SSSR count). The van der Waals surface area contributed by atoms with Crippen LogP contribution in [-0.2, 0) is 0 Å². The Labute approximate surface area is 253 Å². The average Bonchev–Trinajstić information content (AvgIpc) is 3.34. The van der Waals surface area contributed by atoms with Crippen LogP contribution in [0, 0.1) is 21.7 Å². The lowest BCUT2D eigenvalue weighted by Gasteiger charge is -2.44. The maximum absolute atomic E-state index is 2.48. The third-order valence-electron chi connectivity index (χ3n) is 12.4. The topological polar surface area (TPSA) is 0 Å². The molecular formula is C40H72. The fourth-order valence-electron chi connectivity index (χ4n) is 11.2. The van der Waals surface area contributed by atoms with Gasteiger partial charge in [-0.15, -0.1) is 0 Å². The van der Waals surface area contributed by atoms with Gasteiger partial charge in [0, 0.05) is 21.7 Å². The molecule has 0 saturated heterocycles. The van der Waals surface area contributed by atoms with E-state index >= 15 is 0 Å². The minimum Gasteiger partial charge on any atom is -0.0654 e. The minimum atomic E-state index is 0.399. The molecule has 1 fully saturated rings. The molecule has 0 amide bonds. The van der Waals surface area contributed by atoms with Crippen LogP contribution in [0.2, 0.25) is 0 Å². The van der Waals surface area contributed by atoms with Gasteiger partial charge in [0.1, 0.15) is 0 Å². The molecule has 0 N–H and O–H groups in total. The second-order valence-corrected chi connectivity index (χ2v) is 14.4. The van der Waals surface area contributed by atoms with Gasteiger partial charge in [0.05, 0.1) is 0 Å². The van der Waals surface area contributed by atoms with Crippen LogP contribution in [0.3, 0.4) is 0 Å². The van der Waals surface area contributed by atoms with E-state index in [1.165, 1.54) is 154 Å². The van der Waals surface area contributed by atoms with E-state index in [-0.39, 0.29) is 0 Å². The van der Waals surface area contributed by atoms with E-state index in [1.54, 1.807) is 0 Å². The Hall–Kier alpha value is -0.520. The summed E-state index contributed by atoms with van der Waals surface area (Å²) in [7, 11) is 0. The highest BCUT2D eigenvalue weighted by molar-refractivity contribution is 5.70. The lowest BCUT2D eigenvalue weighted by Crippen LogP contribution is -2.36. The van der Waals surface area contributed by atoms with Gasteiger partial charge in [0.2, 0.25) is 0 Å². The fraction of sp³-hybridized carbons (Fsp3) is 0.900. The first-order chi connectivity index (χ1) is 19.5. The molecule has 0 bridgehead atoms. The molecular weight excluding hydrogens is 480 g/mol. The summed E-state index contributed by atoms with van der Waals surface area (Å²) in [6.45, 7) is 19.7. The maximum atomic E-state index is 2.48. The van der Waals surface area contributed by atoms with E-state index in [9.17, 15) is 0 Å². The highest BCUT2D eigenvalue weighted by Gasteiger charge is 2.96. The minimum absolute atomic E-state index is 0.399. The predicted octanol–water partition coefficient (Wildman–Crippen LogP) is 14.1. The van der Waals surface area contributed by atoms with Gasteiger partial charge in [-0.1, -0.05) is 155 Å². The van der Waals surface area contributed by atoms with Crippen molar-refractivity contribution in [2.24, 2.45) is 21.7 Å². The first-order valence-corrected chi connectivity index (χ1v) is 19.0. The Balaban J connectivity index is 2.48. The summed E-state index contributed by atoms with van der Waals surface area (Å²) in [5.74, 6) is 0. The van der Waals surface area contributed by atoms with Crippen LogP contribution in [0.15, 0.2) is 22.3 Å². The van der Waals surface area contributed by atoms with Gasteiger partial charge in [-0.25, -0.2) is 0 Å². The zero-order valence-corrected chi connectivity index (χ0v) is 29.0. The Morgan fingerprint density at radius 1 is 0.325 bits per heavy atom. The molecule has 0 aliphatic heterocycles. The van der Waals surface area contributed by atoms with Crippen molar-refractivity contribution < 1.29 is 0 Å². The van der Waals surface area contributed by atoms with Crippen molar-refractivity contribution in [1.29, 1.82) is 0 Å². The molecule has 0 heterocycles. The molecule has 3 aliphatic rings. The van der Waals surface area contributed by atoms with Crippen LogP contribution < -0.4 is 0 Å². The number of hydrogen-bond donors (Lipinski definition) is 0. The summed E-state index contributed by atoms with van der Waals surface area (Å²) in [6, 6.07) is 0. The molecule has 0 aromatic carbocycles. The quantitative estimate of drug-likeness (QED) is 0.104. The van der Waals surface area contributed by atoms with E-state index in [0.29, 0.717) is 21.7 Å². The molecule has 40 heavy (non-hydrogen) atoms. The van der Waals surface area contributed by atoms with Gasteiger partial charge in [-0.2, -0.15) is 0 Å². The molecule has 232 valence electrons. The predicted molar refractivity (Wildman–Crippen MR) is 180 cm³/mol. The van der Waals surface area contributed by atoms with Gasteiger partial charge in [0.25, 0.3) is 0 Å². The number of unbranched alkanes of at least 4 members (excludes halogenated alkanes) is 8. The highest BCUT2D eigenvalue weighted by Crippen LogP contribution is 3.02. The van der Waals surface area contributed by atoms with Crippen LogP contribution in [-0.4, -0.2) is 0 Å². The first-order valence-electron chi connectivity index (χ1n) is 19.0. The van der Waals surface area contributed by atoms with E-state index < -0.39 is 0 Å². The summed E-state index contributed by atoms with van der Waals surface area (Å²) in [5, 5.41) is 0. The molecule has 0 atom stereocenters. The first kappa shape index (κ1) is 34.0. The normalized spacial score (nSPS) is 30.6. The Kier molecular flexibility index (Phi) is 13.0. The van der Waals surface area contributed by atoms with Crippen molar-refractivity contribution in [3.8, 4) is 0 Å². The van der Waals surface area contributed by atoms with Crippen molar-refractivity contribution in [2.75, 3.05) is 0 Å². The molecule has 0 unspecified atom stereocenters. The van der Waals surface area contributed by atoms with E-state index in [2.05, 4.69) is 77.7 Å². The van der Waals surface area contributed by atoms with Gasteiger partial charge in [-0.05, 0) is 77.0 Å². The standard InChI is InChI=1S/C40H72/c1-9-17-25-33-35(27-19-11-3)38(30-22-14-6)39(31-23-15-7)36(28-20-12-4)34(26-18-10-2)37(33,29-21-13-5)40(38,39)32-24-16-8/h9-32H2,1-8H3. The van der Waals surface area contributed by atoms with Crippen molar-refractivity contribution in [3.63, 3.8) is 0 Å². The Bertz CT molecular complexity index is 782. The second-order valence-electron chi connectivity index (χ2n) is 14.4. The number of fused-ring (bicyclic) bond motifs is 1. The Morgan fingerprint density at radius 3 is 0.975 bits per heavy atom.